The Morgan fingerprint density at radius 1 is 1.55 bits per heavy atom. The molecule has 0 saturated carbocycles. The lowest BCUT2D eigenvalue weighted by atomic mass is 10.2. The summed E-state index contributed by atoms with van der Waals surface area (Å²) in [5.41, 5.74) is 1.16. The van der Waals surface area contributed by atoms with Crippen molar-refractivity contribution in [1.29, 1.82) is 0 Å². The minimum Gasteiger partial charge on any atom is -0.462 e. The molecule has 1 heterocycles. The van der Waals surface area contributed by atoms with E-state index in [1.807, 2.05) is 19.1 Å². The molecule has 0 unspecified atom stereocenters. The van der Waals surface area contributed by atoms with Crippen molar-refractivity contribution in [3.63, 3.8) is 0 Å². The van der Waals surface area contributed by atoms with Crippen molar-refractivity contribution in [2.75, 3.05) is 0 Å². The van der Waals surface area contributed by atoms with Crippen molar-refractivity contribution in [1.82, 2.24) is 0 Å². The van der Waals surface area contributed by atoms with Gasteiger partial charge in [-0.1, -0.05) is 12.7 Å². The van der Waals surface area contributed by atoms with E-state index in [1.165, 1.54) is 0 Å². The maximum Gasteiger partial charge on any atom is 0.129 e. The van der Waals surface area contributed by atoms with Gasteiger partial charge in [-0.2, -0.15) is 0 Å². The highest BCUT2D eigenvalue weighted by Gasteiger charge is 2.02. The second-order valence-electron chi connectivity index (χ2n) is 2.44. The Hall–Kier alpha value is -1.24. The van der Waals surface area contributed by atoms with Crippen LogP contribution in [0.5, 0.6) is 0 Å². The first kappa shape index (κ1) is 7.86. The van der Waals surface area contributed by atoms with Crippen LogP contribution >= 0.6 is 0 Å². The van der Waals surface area contributed by atoms with E-state index in [9.17, 15) is 0 Å². The van der Waals surface area contributed by atoms with Crippen LogP contribution in [0.15, 0.2) is 29.7 Å². The first-order chi connectivity index (χ1) is 5.27. The van der Waals surface area contributed by atoms with E-state index in [0.717, 1.165) is 23.5 Å². The fourth-order valence-electron chi connectivity index (χ4n) is 1.07. The zero-order valence-electron chi connectivity index (χ0n) is 6.76. The second kappa shape index (κ2) is 3.24. The Labute approximate surface area is 67.0 Å². The summed E-state index contributed by atoms with van der Waals surface area (Å²) in [5, 5.41) is 0. The van der Waals surface area contributed by atoms with Gasteiger partial charge in [0, 0.05) is 5.56 Å². The molecule has 0 bridgehead atoms. The summed E-state index contributed by atoms with van der Waals surface area (Å²) in [7, 11) is 0. The van der Waals surface area contributed by atoms with E-state index in [0.29, 0.717) is 0 Å². The van der Waals surface area contributed by atoms with Crippen molar-refractivity contribution in [3.8, 4) is 0 Å². The normalized spacial score (nSPS) is 9.55. The van der Waals surface area contributed by atoms with Gasteiger partial charge in [-0.15, -0.1) is 6.58 Å². The van der Waals surface area contributed by atoms with Gasteiger partial charge in [-0.25, -0.2) is 0 Å². The van der Waals surface area contributed by atoms with Gasteiger partial charge >= 0.3 is 0 Å². The molecule has 1 aromatic heterocycles. The van der Waals surface area contributed by atoms with Crippen LogP contribution in [0.25, 0.3) is 6.08 Å². The van der Waals surface area contributed by atoms with Gasteiger partial charge in [0.15, 0.2) is 0 Å². The average molecular weight is 148 g/mol. The molecule has 1 aromatic rings. The van der Waals surface area contributed by atoms with Crippen LogP contribution in [-0.4, -0.2) is 0 Å². The van der Waals surface area contributed by atoms with E-state index in [2.05, 4.69) is 13.2 Å². The minimum atomic E-state index is 0.846. The number of hydrogen-bond donors (Lipinski definition) is 0. The van der Waals surface area contributed by atoms with E-state index in [1.54, 1.807) is 6.08 Å². The molecule has 0 aromatic carbocycles. The smallest absolute Gasteiger partial charge is 0.129 e. The molecule has 0 spiro atoms. The van der Waals surface area contributed by atoms with Crippen molar-refractivity contribution < 1.29 is 4.42 Å². The van der Waals surface area contributed by atoms with Gasteiger partial charge in [-0.3, -0.25) is 0 Å². The molecular formula is C10H12O. The van der Waals surface area contributed by atoms with Crippen molar-refractivity contribution in [2.45, 2.75) is 13.3 Å². The SMILES string of the molecule is C=CCc1cc(C)oc1C=C. The minimum absolute atomic E-state index is 0.846. The van der Waals surface area contributed by atoms with Crippen molar-refractivity contribution in [3.05, 3.63) is 42.4 Å². The summed E-state index contributed by atoms with van der Waals surface area (Å²) in [4.78, 5) is 0. The molecule has 0 atom stereocenters. The molecule has 0 N–H and O–H groups in total. The van der Waals surface area contributed by atoms with Crippen LogP contribution in [0.2, 0.25) is 0 Å². The largest absolute Gasteiger partial charge is 0.462 e. The fraction of sp³-hybridized carbons (Fsp3) is 0.200. The van der Waals surface area contributed by atoms with Crippen molar-refractivity contribution in [2.24, 2.45) is 0 Å². The van der Waals surface area contributed by atoms with E-state index in [-0.39, 0.29) is 0 Å². The van der Waals surface area contributed by atoms with Crippen LogP contribution in [-0.2, 0) is 6.42 Å². The first-order valence-electron chi connectivity index (χ1n) is 3.60. The molecule has 11 heavy (non-hydrogen) atoms. The molecule has 0 aliphatic rings. The van der Waals surface area contributed by atoms with Gasteiger partial charge in [0.05, 0.1) is 0 Å². The van der Waals surface area contributed by atoms with Crippen LogP contribution in [0.4, 0.5) is 0 Å². The Bertz CT molecular complexity index is 268. The Morgan fingerprint density at radius 3 is 2.82 bits per heavy atom. The number of furan rings is 1. The topological polar surface area (TPSA) is 13.1 Å². The molecule has 58 valence electrons. The quantitative estimate of drug-likeness (QED) is 0.600. The molecule has 0 radical (unpaired) electrons. The van der Waals surface area contributed by atoms with Gasteiger partial charge < -0.3 is 4.42 Å². The Balaban J connectivity index is 3.00. The zero-order valence-corrected chi connectivity index (χ0v) is 6.76. The third-order valence-electron chi connectivity index (χ3n) is 1.51. The highest BCUT2D eigenvalue weighted by molar-refractivity contribution is 5.46. The molecule has 1 rings (SSSR count). The lowest BCUT2D eigenvalue weighted by Gasteiger charge is -1.89. The van der Waals surface area contributed by atoms with Crippen molar-refractivity contribution >= 4 is 6.08 Å². The molecule has 0 amide bonds. The standard InChI is InChI=1S/C10H12O/c1-4-6-9-7-8(3)11-10(9)5-2/h4-5,7H,1-2,6H2,3H3. The fourth-order valence-corrected chi connectivity index (χ4v) is 1.07. The lowest BCUT2D eigenvalue weighted by Crippen LogP contribution is -1.77. The predicted octanol–water partition coefficient (Wildman–Crippen LogP) is 2.96. The maximum atomic E-state index is 5.35. The lowest BCUT2D eigenvalue weighted by molar-refractivity contribution is 0.523. The van der Waals surface area contributed by atoms with Gasteiger partial charge in [-0.05, 0) is 25.5 Å². The highest BCUT2D eigenvalue weighted by Crippen LogP contribution is 2.16. The van der Waals surface area contributed by atoms with Crippen LogP contribution < -0.4 is 0 Å². The summed E-state index contributed by atoms with van der Waals surface area (Å²) in [5.74, 6) is 1.79. The van der Waals surface area contributed by atoms with Gasteiger partial charge in [0.2, 0.25) is 0 Å². The third kappa shape index (κ3) is 1.61. The molecular weight excluding hydrogens is 136 g/mol. The van der Waals surface area contributed by atoms with Gasteiger partial charge in [0.25, 0.3) is 0 Å². The number of aryl methyl sites for hydroxylation is 1. The molecule has 0 aliphatic heterocycles. The molecule has 1 heteroatoms. The maximum absolute atomic E-state index is 5.35. The third-order valence-corrected chi connectivity index (χ3v) is 1.51. The Morgan fingerprint density at radius 2 is 2.27 bits per heavy atom. The summed E-state index contributed by atoms with van der Waals surface area (Å²) in [6, 6.07) is 2.01. The van der Waals surface area contributed by atoms with E-state index >= 15 is 0 Å². The Kier molecular flexibility index (Phi) is 2.32. The average Bonchev–Trinajstić information content (AvgIpc) is 2.32. The zero-order chi connectivity index (χ0) is 8.27. The van der Waals surface area contributed by atoms with Crippen LogP contribution in [0.1, 0.15) is 17.1 Å². The van der Waals surface area contributed by atoms with Crippen LogP contribution in [0.3, 0.4) is 0 Å². The van der Waals surface area contributed by atoms with Crippen LogP contribution in [0, 0.1) is 6.92 Å². The molecule has 0 saturated heterocycles. The molecule has 0 aliphatic carbocycles. The van der Waals surface area contributed by atoms with E-state index in [4.69, 9.17) is 4.42 Å². The number of rotatable bonds is 3. The highest BCUT2D eigenvalue weighted by atomic mass is 16.3. The monoisotopic (exact) mass is 148 g/mol. The summed E-state index contributed by atoms with van der Waals surface area (Å²) in [6.45, 7) is 9.25. The summed E-state index contributed by atoms with van der Waals surface area (Å²) >= 11 is 0. The van der Waals surface area contributed by atoms with E-state index < -0.39 is 0 Å². The molecule has 0 fully saturated rings. The summed E-state index contributed by atoms with van der Waals surface area (Å²) in [6.07, 6.45) is 4.43. The summed E-state index contributed by atoms with van der Waals surface area (Å²) < 4.78 is 5.35. The molecule has 1 nitrogen and oxygen atoms in total. The number of allylic oxidation sites excluding steroid dienone is 1. The van der Waals surface area contributed by atoms with Gasteiger partial charge in [0.1, 0.15) is 11.5 Å². The first-order valence-corrected chi connectivity index (χ1v) is 3.60. The predicted molar refractivity (Wildman–Crippen MR) is 47.4 cm³/mol. The second-order valence-corrected chi connectivity index (χ2v) is 2.44. The number of hydrogen-bond acceptors (Lipinski definition) is 1.